The molecular formula is C25H32N2O3S. The summed E-state index contributed by atoms with van der Waals surface area (Å²) >= 11 is 0. The number of amides is 1. The van der Waals surface area contributed by atoms with Gasteiger partial charge >= 0.3 is 0 Å². The Kier molecular flexibility index (Phi) is 6.49. The minimum atomic E-state index is -3.52. The van der Waals surface area contributed by atoms with Crippen molar-refractivity contribution in [3.05, 3.63) is 65.7 Å². The van der Waals surface area contributed by atoms with Crippen LogP contribution in [0.4, 0.5) is 0 Å². The van der Waals surface area contributed by atoms with Gasteiger partial charge in [-0.15, -0.1) is 0 Å². The number of likely N-dealkylation sites (tertiary alicyclic amines) is 1. The maximum absolute atomic E-state index is 13.3. The highest BCUT2D eigenvalue weighted by Crippen LogP contribution is 2.35. The van der Waals surface area contributed by atoms with E-state index in [0.717, 1.165) is 24.9 Å². The molecule has 2 heterocycles. The lowest BCUT2D eigenvalue weighted by Crippen LogP contribution is -2.44. The second-order valence-electron chi connectivity index (χ2n) is 9.00. The zero-order valence-electron chi connectivity index (χ0n) is 18.4. The maximum atomic E-state index is 13.3. The van der Waals surface area contributed by atoms with E-state index in [9.17, 15) is 13.2 Å². The zero-order chi connectivity index (χ0) is 22.0. The molecule has 31 heavy (non-hydrogen) atoms. The van der Waals surface area contributed by atoms with Crippen LogP contribution in [0.25, 0.3) is 0 Å². The van der Waals surface area contributed by atoms with Crippen LogP contribution in [-0.2, 0) is 14.8 Å². The van der Waals surface area contributed by atoms with E-state index in [-0.39, 0.29) is 17.9 Å². The summed E-state index contributed by atoms with van der Waals surface area (Å²) in [6, 6.07) is 17.6. The number of hydrogen-bond acceptors (Lipinski definition) is 3. The Bertz CT molecular complexity index is 995. The summed E-state index contributed by atoms with van der Waals surface area (Å²) in [4.78, 5) is 15.6. The largest absolute Gasteiger partial charge is 0.335 e. The Labute approximate surface area is 186 Å². The molecule has 0 spiro atoms. The van der Waals surface area contributed by atoms with Gasteiger partial charge in [0, 0.05) is 25.6 Å². The lowest BCUT2D eigenvalue weighted by atomic mass is 9.95. The number of carbonyl (C=O) groups is 1. The second kappa shape index (κ2) is 9.13. The van der Waals surface area contributed by atoms with Crippen molar-refractivity contribution in [1.29, 1.82) is 0 Å². The predicted molar refractivity (Wildman–Crippen MR) is 122 cm³/mol. The van der Waals surface area contributed by atoms with Gasteiger partial charge in [0.15, 0.2) is 0 Å². The molecule has 2 saturated heterocycles. The van der Waals surface area contributed by atoms with Crippen LogP contribution in [0.15, 0.2) is 59.5 Å². The molecule has 2 aromatic rings. The van der Waals surface area contributed by atoms with Gasteiger partial charge in [0.25, 0.3) is 0 Å². The fraction of sp³-hybridized carbons (Fsp3) is 0.480. The summed E-state index contributed by atoms with van der Waals surface area (Å²) in [6.45, 7) is 5.77. The normalized spacial score (nSPS) is 21.0. The molecule has 0 bridgehead atoms. The Balaban J connectivity index is 1.40. The van der Waals surface area contributed by atoms with Crippen molar-refractivity contribution in [1.82, 2.24) is 9.21 Å². The van der Waals surface area contributed by atoms with E-state index in [2.05, 4.69) is 26.0 Å². The molecule has 0 N–H and O–H groups in total. The monoisotopic (exact) mass is 440 g/mol. The molecule has 0 aliphatic carbocycles. The summed E-state index contributed by atoms with van der Waals surface area (Å²) in [6.07, 6.45) is 3.18. The Morgan fingerprint density at radius 2 is 1.55 bits per heavy atom. The molecule has 166 valence electrons. The molecular weight excluding hydrogens is 408 g/mol. The molecule has 1 amide bonds. The predicted octanol–water partition coefficient (Wildman–Crippen LogP) is 4.57. The van der Waals surface area contributed by atoms with Gasteiger partial charge in [-0.05, 0) is 54.9 Å². The standard InChI is InChI=1S/C25H32N2O3S/c1-19(2)20-10-12-23(13-11-20)31(29,30)26-17-14-22(15-18-26)25(28)27-16-6-9-24(27)21-7-4-3-5-8-21/h3-5,7-8,10-13,19,22,24H,6,9,14-18H2,1-2H3/t24-/m1/s1. The van der Waals surface area contributed by atoms with Crippen LogP contribution in [0.5, 0.6) is 0 Å². The number of hydrogen-bond donors (Lipinski definition) is 0. The van der Waals surface area contributed by atoms with Crippen LogP contribution in [0.3, 0.4) is 0 Å². The van der Waals surface area contributed by atoms with Gasteiger partial charge in [0.05, 0.1) is 10.9 Å². The molecule has 2 fully saturated rings. The first-order chi connectivity index (χ1) is 14.9. The number of rotatable bonds is 5. The number of carbonyl (C=O) groups excluding carboxylic acids is 1. The first-order valence-electron chi connectivity index (χ1n) is 11.3. The van der Waals surface area contributed by atoms with Crippen molar-refractivity contribution in [2.45, 2.75) is 56.4 Å². The smallest absolute Gasteiger partial charge is 0.243 e. The van der Waals surface area contributed by atoms with Gasteiger partial charge in [0.2, 0.25) is 15.9 Å². The van der Waals surface area contributed by atoms with Crippen molar-refractivity contribution >= 4 is 15.9 Å². The number of piperidine rings is 1. The van der Waals surface area contributed by atoms with E-state index in [1.165, 1.54) is 5.56 Å². The van der Waals surface area contributed by atoms with Gasteiger partial charge in [-0.2, -0.15) is 4.31 Å². The molecule has 4 rings (SSSR count). The van der Waals surface area contributed by atoms with Crippen molar-refractivity contribution in [2.75, 3.05) is 19.6 Å². The summed E-state index contributed by atoms with van der Waals surface area (Å²) in [5, 5.41) is 0. The molecule has 0 aromatic heterocycles. The fourth-order valence-corrected chi connectivity index (χ4v) is 6.27. The molecule has 0 unspecified atom stereocenters. The number of nitrogens with zero attached hydrogens (tertiary/aromatic N) is 2. The SMILES string of the molecule is CC(C)c1ccc(S(=O)(=O)N2CCC(C(=O)N3CCC[C@@H]3c3ccccc3)CC2)cc1. The summed E-state index contributed by atoms with van der Waals surface area (Å²) in [7, 11) is -3.52. The lowest BCUT2D eigenvalue weighted by molar-refractivity contribution is -0.137. The molecule has 0 radical (unpaired) electrons. The highest BCUT2D eigenvalue weighted by molar-refractivity contribution is 7.89. The third-order valence-electron chi connectivity index (χ3n) is 6.71. The summed E-state index contributed by atoms with van der Waals surface area (Å²) in [5.41, 5.74) is 2.32. The van der Waals surface area contributed by atoms with E-state index in [1.54, 1.807) is 16.4 Å². The van der Waals surface area contributed by atoms with Crippen LogP contribution in [0.2, 0.25) is 0 Å². The van der Waals surface area contributed by atoms with Crippen LogP contribution < -0.4 is 0 Å². The molecule has 6 heteroatoms. The Morgan fingerprint density at radius 1 is 0.903 bits per heavy atom. The minimum absolute atomic E-state index is 0.0981. The van der Waals surface area contributed by atoms with Crippen LogP contribution in [-0.4, -0.2) is 43.2 Å². The van der Waals surface area contributed by atoms with Gasteiger partial charge in [-0.1, -0.05) is 56.3 Å². The average molecular weight is 441 g/mol. The van der Waals surface area contributed by atoms with E-state index in [4.69, 9.17) is 0 Å². The van der Waals surface area contributed by atoms with Crippen LogP contribution >= 0.6 is 0 Å². The molecule has 1 atom stereocenters. The summed E-state index contributed by atoms with van der Waals surface area (Å²) < 4.78 is 27.7. The first kappa shape index (κ1) is 22.0. The van der Waals surface area contributed by atoms with Crippen LogP contribution in [0.1, 0.15) is 62.6 Å². The van der Waals surface area contributed by atoms with Gasteiger partial charge in [0.1, 0.15) is 0 Å². The summed E-state index contributed by atoms with van der Waals surface area (Å²) in [5.74, 6) is 0.451. The van der Waals surface area contributed by atoms with Gasteiger partial charge in [-0.25, -0.2) is 8.42 Å². The molecule has 2 aliphatic rings. The highest BCUT2D eigenvalue weighted by atomic mass is 32.2. The lowest BCUT2D eigenvalue weighted by Gasteiger charge is -2.34. The third-order valence-corrected chi connectivity index (χ3v) is 8.62. The van der Waals surface area contributed by atoms with Gasteiger partial charge in [-0.3, -0.25) is 4.79 Å². The van der Waals surface area contributed by atoms with E-state index < -0.39 is 10.0 Å². The van der Waals surface area contributed by atoms with Crippen molar-refractivity contribution in [2.24, 2.45) is 5.92 Å². The Morgan fingerprint density at radius 3 is 2.16 bits per heavy atom. The second-order valence-corrected chi connectivity index (χ2v) is 10.9. The van der Waals surface area contributed by atoms with Crippen molar-refractivity contribution in [3.63, 3.8) is 0 Å². The van der Waals surface area contributed by atoms with E-state index >= 15 is 0 Å². The molecule has 2 aliphatic heterocycles. The topological polar surface area (TPSA) is 57.7 Å². The first-order valence-corrected chi connectivity index (χ1v) is 12.8. The quantitative estimate of drug-likeness (QED) is 0.684. The highest BCUT2D eigenvalue weighted by Gasteiger charge is 2.37. The van der Waals surface area contributed by atoms with E-state index in [1.807, 2.05) is 35.2 Å². The van der Waals surface area contributed by atoms with Crippen molar-refractivity contribution in [3.8, 4) is 0 Å². The van der Waals surface area contributed by atoms with E-state index in [0.29, 0.717) is 36.7 Å². The van der Waals surface area contributed by atoms with Gasteiger partial charge < -0.3 is 4.90 Å². The van der Waals surface area contributed by atoms with Crippen molar-refractivity contribution < 1.29 is 13.2 Å². The molecule has 5 nitrogen and oxygen atoms in total. The average Bonchev–Trinajstić information content (AvgIpc) is 3.29. The maximum Gasteiger partial charge on any atom is 0.243 e. The van der Waals surface area contributed by atoms with Crippen LogP contribution in [0, 0.1) is 5.92 Å². The fourth-order valence-electron chi connectivity index (χ4n) is 4.80. The number of benzene rings is 2. The third kappa shape index (κ3) is 4.55. The molecule has 0 saturated carbocycles. The molecule has 2 aromatic carbocycles. The zero-order valence-corrected chi connectivity index (χ0v) is 19.2. The number of sulfonamides is 1. The minimum Gasteiger partial charge on any atom is -0.335 e. The Hall–Kier alpha value is -2.18.